The number of nitrogens with zero attached hydrogens (tertiary/aromatic N) is 5. The summed E-state index contributed by atoms with van der Waals surface area (Å²) in [5, 5.41) is 11.2. The van der Waals surface area contributed by atoms with Gasteiger partial charge in [0.1, 0.15) is 11.3 Å². The summed E-state index contributed by atoms with van der Waals surface area (Å²) in [4.78, 5) is 28.8. The maximum Gasteiger partial charge on any atom is 0.404 e. The van der Waals surface area contributed by atoms with E-state index in [1.54, 1.807) is 24.8 Å². The van der Waals surface area contributed by atoms with Gasteiger partial charge in [0, 0.05) is 48.1 Å². The van der Waals surface area contributed by atoms with Gasteiger partial charge in [-0.25, -0.2) is 19.7 Å². The first-order valence-electron chi connectivity index (χ1n) is 10.2. The fraction of sp³-hybridized carbons (Fsp3) is 0.0417. The summed E-state index contributed by atoms with van der Waals surface area (Å²) in [5.74, 6) is 0.978. The molecule has 0 saturated heterocycles. The number of rotatable bonds is 5. The van der Waals surface area contributed by atoms with E-state index in [1.165, 1.54) is 0 Å². The normalized spacial score (nSPS) is 10.9. The minimum absolute atomic E-state index is 0.218. The summed E-state index contributed by atoms with van der Waals surface area (Å²) in [7, 11) is 0. The Morgan fingerprint density at radius 3 is 2.55 bits per heavy atom. The van der Waals surface area contributed by atoms with Crippen molar-refractivity contribution >= 4 is 23.1 Å². The smallest absolute Gasteiger partial charge is 0.404 e. The van der Waals surface area contributed by atoms with Crippen LogP contribution in [0, 0.1) is 0 Å². The lowest BCUT2D eigenvalue weighted by Gasteiger charge is -2.11. The van der Waals surface area contributed by atoms with Crippen LogP contribution in [-0.2, 0) is 6.54 Å². The number of hydrogen-bond donors (Lipinski definition) is 3. The molecule has 0 fully saturated rings. The van der Waals surface area contributed by atoms with Gasteiger partial charge in [-0.1, -0.05) is 18.2 Å². The fourth-order valence-electron chi connectivity index (χ4n) is 3.63. The van der Waals surface area contributed by atoms with E-state index in [9.17, 15) is 4.79 Å². The maximum atomic E-state index is 10.8. The van der Waals surface area contributed by atoms with Crippen molar-refractivity contribution in [1.82, 2.24) is 29.8 Å². The third kappa shape index (κ3) is 3.94. The van der Waals surface area contributed by atoms with Crippen LogP contribution in [0.2, 0.25) is 0 Å². The van der Waals surface area contributed by atoms with Crippen LogP contribution >= 0.6 is 0 Å². The standard InChI is InChI=1S/C24H19N7O2/c25-21-19(4-2-10-27-21)22-30-20-11-17(16-3-1-9-26-13-16)14-28-23(20)31(22)18-7-5-15(6-8-18)12-29-24(32)33/h1-11,13-14,29H,12H2,(H2,25,27)(H,32,33). The highest BCUT2D eigenvalue weighted by molar-refractivity contribution is 5.85. The number of amides is 1. The molecule has 1 aromatic carbocycles. The van der Waals surface area contributed by atoms with Crippen molar-refractivity contribution in [2.75, 3.05) is 5.73 Å². The molecule has 0 aliphatic rings. The predicted molar refractivity (Wildman–Crippen MR) is 125 cm³/mol. The van der Waals surface area contributed by atoms with Crippen LogP contribution in [0.25, 0.3) is 39.4 Å². The Kier molecular flexibility index (Phi) is 5.12. The fourth-order valence-corrected chi connectivity index (χ4v) is 3.63. The zero-order chi connectivity index (χ0) is 22.8. The van der Waals surface area contributed by atoms with Gasteiger partial charge < -0.3 is 16.2 Å². The minimum atomic E-state index is -1.07. The Labute approximate surface area is 188 Å². The van der Waals surface area contributed by atoms with E-state index in [0.29, 0.717) is 28.4 Å². The van der Waals surface area contributed by atoms with Crippen molar-refractivity contribution in [3.05, 3.63) is 84.9 Å². The first kappa shape index (κ1) is 20.1. The van der Waals surface area contributed by atoms with Crippen LogP contribution in [0.5, 0.6) is 0 Å². The highest BCUT2D eigenvalue weighted by Crippen LogP contribution is 2.31. The molecule has 33 heavy (non-hydrogen) atoms. The SMILES string of the molecule is Nc1ncccc1-c1nc2cc(-c3cccnc3)cnc2n1-c1ccc(CNC(=O)O)cc1. The molecular formula is C24H19N7O2. The molecule has 0 atom stereocenters. The molecule has 0 spiro atoms. The second kappa shape index (κ2) is 8.39. The number of anilines is 1. The molecule has 5 aromatic rings. The van der Waals surface area contributed by atoms with E-state index in [0.717, 1.165) is 22.4 Å². The van der Waals surface area contributed by atoms with E-state index < -0.39 is 6.09 Å². The highest BCUT2D eigenvalue weighted by Gasteiger charge is 2.18. The molecule has 0 aliphatic carbocycles. The lowest BCUT2D eigenvalue weighted by Crippen LogP contribution is -2.19. The summed E-state index contributed by atoms with van der Waals surface area (Å²) >= 11 is 0. The molecule has 0 unspecified atom stereocenters. The lowest BCUT2D eigenvalue weighted by molar-refractivity contribution is 0.194. The molecule has 5 rings (SSSR count). The molecule has 4 aromatic heterocycles. The number of fused-ring (bicyclic) bond motifs is 1. The van der Waals surface area contributed by atoms with Crippen LogP contribution < -0.4 is 11.1 Å². The van der Waals surface area contributed by atoms with Gasteiger partial charge in [-0.2, -0.15) is 0 Å². The number of carbonyl (C=O) groups is 1. The molecule has 4 N–H and O–H groups in total. The predicted octanol–water partition coefficient (Wildman–Crippen LogP) is 3.89. The second-order valence-corrected chi connectivity index (χ2v) is 7.34. The molecule has 1 amide bonds. The Morgan fingerprint density at radius 1 is 1.00 bits per heavy atom. The van der Waals surface area contributed by atoms with Gasteiger partial charge in [-0.3, -0.25) is 9.55 Å². The van der Waals surface area contributed by atoms with Gasteiger partial charge >= 0.3 is 6.09 Å². The Balaban J connectivity index is 1.66. The lowest BCUT2D eigenvalue weighted by atomic mass is 10.1. The highest BCUT2D eigenvalue weighted by atomic mass is 16.4. The van der Waals surface area contributed by atoms with Crippen LogP contribution in [0.1, 0.15) is 5.56 Å². The van der Waals surface area contributed by atoms with Crippen molar-refractivity contribution < 1.29 is 9.90 Å². The number of imidazole rings is 1. The van der Waals surface area contributed by atoms with Gasteiger partial charge in [-0.15, -0.1) is 0 Å². The van der Waals surface area contributed by atoms with Crippen molar-refractivity contribution in [2.24, 2.45) is 0 Å². The van der Waals surface area contributed by atoms with Gasteiger partial charge in [0.15, 0.2) is 11.5 Å². The summed E-state index contributed by atoms with van der Waals surface area (Å²) in [6.07, 6.45) is 5.86. The number of hydrogen-bond acceptors (Lipinski definition) is 6. The molecule has 162 valence electrons. The maximum absolute atomic E-state index is 10.8. The van der Waals surface area contributed by atoms with Gasteiger partial charge in [0.05, 0.1) is 5.56 Å². The molecule has 0 aliphatic heterocycles. The van der Waals surface area contributed by atoms with Crippen LogP contribution in [0.15, 0.2) is 79.4 Å². The number of nitrogens with one attached hydrogen (secondary N) is 1. The zero-order valence-electron chi connectivity index (χ0n) is 17.4. The molecule has 0 radical (unpaired) electrons. The van der Waals surface area contributed by atoms with Crippen molar-refractivity contribution in [3.63, 3.8) is 0 Å². The first-order valence-corrected chi connectivity index (χ1v) is 10.2. The van der Waals surface area contributed by atoms with E-state index in [4.69, 9.17) is 20.8 Å². The molecule has 9 heteroatoms. The molecule has 0 saturated carbocycles. The topological polar surface area (TPSA) is 132 Å². The van der Waals surface area contributed by atoms with Crippen LogP contribution in [0.3, 0.4) is 0 Å². The van der Waals surface area contributed by atoms with E-state index in [1.807, 2.05) is 59.2 Å². The Morgan fingerprint density at radius 2 is 1.82 bits per heavy atom. The van der Waals surface area contributed by atoms with E-state index in [2.05, 4.69) is 15.3 Å². The summed E-state index contributed by atoms with van der Waals surface area (Å²) in [6, 6.07) is 17.0. The molecular weight excluding hydrogens is 418 g/mol. The van der Waals surface area contributed by atoms with E-state index in [-0.39, 0.29) is 6.54 Å². The minimum Gasteiger partial charge on any atom is -0.465 e. The molecule has 4 heterocycles. The van der Waals surface area contributed by atoms with Crippen molar-refractivity contribution in [2.45, 2.75) is 6.54 Å². The average Bonchev–Trinajstić information content (AvgIpc) is 3.22. The number of benzene rings is 1. The second-order valence-electron chi connectivity index (χ2n) is 7.34. The van der Waals surface area contributed by atoms with Crippen molar-refractivity contribution in [3.8, 4) is 28.2 Å². The third-order valence-corrected chi connectivity index (χ3v) is 5.21. The number of pyridine rings is 3. The summed E-state index contributed by atoms with van der Waals surface area (Å²) in [5.41, 5.74) is 11.7. The first-order chi connectivity index (χ1) is 16.1. The molecule has 0 bridgehead atoms. The quantitative estimate of drug-likeness (QED) is 0.380. The monoisotopic (exact) mass is 437 g/mol. The van der Waals surface area contributed by atoms with Gasteiger partial charge in [-0.05, 0) is 42.0 Å². The Hall–Kier alpha value is -4.79. The third-order valence-electron chi connectivity index (χ3n) is 5.21. The van der Waals surface area contributed by atoms with Crippen molar-refractivity contribution in [1.29, 1.82) is 0 Å². The number of nitrogens with two attached hydrogens (primary N) is 1. The van der Waals surface area contributed by atoms with Crippen LogP contribution in [0.4, 0.5) is 10.6 Å². The molecule has 9 nitrogen and oxygen atoms in total. The average molecular weight is 437 g/mol. The number of carboxylic acid groups (broad SMARTS) is 1. The Bertz CT molecular complexity index is 1450. The largest absolute Gasteiger partial charge is 0.465 e. The van der Waals surface area contributed by atoms with Gasteiger partial charge in [0.25, 0.3) is 0 Å². The number of aromatic nitrogens is 5. The van der Waals surface area contributed by atoms with Crippen LogP contribution in [-0.4, -0.2) is 35.7 Å². The van der Waals surface area contributed by atoms with E-state index >= 15 is 0 Å². The summed E-state index contributed by atoms with van der Waals surface area (Å²) < 4.78 is 1.92. The van der Waals surface area contributed by atoms with Gasteiger partial charge in [0.2, 0.25) is 0 Å². The summed E-state index contributed by atoms with van der Waals surface area (Å²) in [6.45, 7) is 0.218. The number of nitrogen functional groups attached to an aromatic ring is 1. The zero-order valence-corrected chi connectivity index (χ0v) is 17.4.